The minimum Gasteiger partial charge on any atom is -0.481 e. The fraction of sp³-hybridized carbons (Fsp3) is 0.765. The summed E-state index contributed by atoms with van der Waals surface area (Å²) in [6, 6.07) is 0.117. The lowest BCUT2D eigenvalue weighted by atomic mass is 10.1. The minimum atomic E-state index is -0.236. The monoisotopic (exact) mass is 322 g/mol. The minimum absolute atomic E-state index is 0.0749. The van der Waals surface area contributed by atoms with Gasteiger partial charge in [-0.2, -0.15) is 5.10 Å². The second-order valence-corrected chi connectivity index (χ2v) is 6.74. The number of amides is 1. The van der Waals surface area contributed by atoms with E-state index in [1.807, 2.05) is 14.0 Å². The maximum Gasteiger partial charge on any atom is 0.237 e. The van der Waals surface area contributed by atoms with Crippen molar-refractivity contribution in [3.05, 3.63) is 11.3 Å². The molecule has 0 bridgehead atoms. The molecule has 0 spiro atoms. The number of aryl methyl sites for hydroxylation is 1. The van der Waals surface area contributed by atoms with Crippen molar-refractivity contribution in [2.24, 2.45) is 7.05 Å². The van der Waals surface area contributed by atoms with Gasteiger partial charge in [0.15, 0.2) is 0 Å². The molecule has 1 fully saturated rings. The van der Waals surface area contributed by atoms with Crippen LogP contribution in [-0.4, -0.2) is 34.9 Å². The van der Waals surface area contributed by atoms with Gasteiger partial charge >= 0.3 is 0 Å². The van der Waals surface area contributed by atoms with Gasteiger partial charge in [-0.1, -0.05) is 26.7 Å². The van der Waals surface area contributed by atoms with Gasteiger partial charge in [0.2, 0.25) is 11.8 Å². The van der Waals surface area contributed by atoms with Crippen LogP contribution < -0.4 is 15.4 Å². The zero-order chi connectivity index (χ0) is 17.0. The highest BCUT2D eigenvalue weighted by Crippen LogP contribution is 2.27. The molecule has 6 heteroatoms. The third-order valence-corrected chi connectivity index (χ3v) is 4.54. The smallest absolute Gasteiger partial charge is 0.237 e. The molecular formula is C17H30N4O2. The van der Waals surface area contributed by atoms with Crippen molar-refractivity contribution in [3.8, 4) is 5.88 Å². The summed E-state index contributed by atoms with van der Waals surface area (Å²) in [5, 5.41) is 11.0. The highest BCUT2D eigenvalue weighted by Gasteiger charge is 2.23. The van der Waals surface area contributed by atoms with Crippen molar-refractivity contribution in [2.45, 2.75) is 71.0 Å². The van der Waals surface area contributed by atoms with E-state index < -0.39 is 0 Å². The topological polar surface area (TPSA) is 68.2 Å². The molecule has 0 saturated heterocycles. The van der Waals surface area contributed by atoms with E-state index in [4.69, 9.17) is 4.74 Å². The summed E-state index contributed by atoms with van der Waals surface area (Å²) in [5.41, 5.74) is 2.05. The molecular weight excluding hydrogens is 292 g/mol. The Labute approximate surface area is 139 Å². The molecule has 0 aromatic carbocycles. The molecule has 130 valence electrons. The average Bonchev–Trinajstić information content (AvgIpc) is 3.11. The van der Waals surface area contributed by atoms with E-state index in [1.165, 1.54) is 12.8 Å². The van der Waals surface area contributed by atoms with Gasteiger partial charge in [-0.25, -0.2) is 4.68 Å². The standard InChI is InChI=1S/C17H30N4O2/c1-11(2)15-14(17(23-5)21(4)20-15)10-18-12(3)16(22)19-13-8-6-7-9-13/h11-13,18H,6-10H2,1-5H3,(H,19,22). The van der Waals surface area contributed by atoms with Crippen LogP contribution in [0.4, 0.5) is 0 Å². The Bertz CT molecular complexity index is 533. The predicted octanol–water partition coefficient (Wildman–Crippen LogP) is 2.09. The summed E-state index contributed by atoms with van der Waals surface area (Å²) < 4.78 is 7.23. The molecule has 1 saturated carbocycles. The molecule has 2 rings (SSSR count). The fourth-order valence-corrected chi connectivity index (χ4v) is 3.20. The van der Waals surface area contributed by atoms with Gasteiger partial charge in [0, 0.05) is 19.6 Å². The van der Waals surface area contributed by atoms with E-state index in [-0.39, 0.29) is 11.9 Å². The quantitative estimate of drug-likeness (QED) is 0.806. The number of carbonyl (C=O) groups excluding carboxylic acids is 1. The van der Waals surface area contributed by atoms with Crippen molar-refractivity contribution in [2.75, 3.05) is 7.11 Å². The van der Waals surface area contributed by atoms with E-state index in [1.54, 1.807) is 11.8 Å². The van der Waals surface area contributed by atoms with E-state index >= 15 is 0 Å². The van der Waals surface area contributed by atoms with Crippen LogP contribution in [0.2, 0.25) is 0 Å². The van der Waals surface area contributed by atoms with Crippen LogP contribution in [0.15, 0.2) is 0 Å². The summed E-state index contributed by atoms with van der Waals surface area (Å²) in [5.74, 6) is 1.14. The number of carbonyl (C=O) groups is 1. The number of rotatable bonds is 7. The third-order valence-electron chi connectivity index (χ3n) is 4.54. The van der Waals surface area contributed by atoms with E-state index in [9.17, 15) is 4.79 Å². The Kier molecular flexibility index (Phi) is 6.04. The Morgan fingerprint density at radius 3 is 2.57 bits per heavy atom. The Morgan fingerprint density at radius 2 is 2.00 bits per heavy atom. The van der Waals surface area contributed by atoms with Crippen molar-refractivity contribution in [1.82, 2.24) is 20.4 Å². The van der Waals surface area contributed by atoms with Gasteiger partial charge in [-0.15, -0.1) is 0 Å². The van der Waals surface area contributed by atoms with Gasteiger partial charge in [-0.05, 0) is 25.7 Å². The molecule has 6 nitrogen and oxygen atoms in total. The molecule has 1 aliphatic rings. The summed E-state index contributed by atoms with van der Waals surface area (Å²) in [7, 11) is 3.53. The molecule has 23 heavy (non-hydrogen) atoms. The van der Waals surface area contributed by atoms with E-state index in [0.717, 1.165) is 30.0 Å². The van der Waals surface area contributed by atoms with Crippen LogP contribution >= 0.6 is 0 Å². The van der Waals surface area contributed by atoms with E-state index in [0.29, 0.717) is 18.5 Å². The first-order valence-electron chi connectivity index (χ1n) is 8.57. The van der Waals surface area contributed by atoms with Crippen molar-refractivity contribution >= 4 is 5.91 Å². The lowest BCUT2D eigenvalue weighted by Gasteiger charge is -2.18. The first-order chi connectivity index (χ1) is 10.9. The number of ether oxygens (including phenoxy) is 1. The molecule has 0 aliphatic heterocycles. The normalized spacial score (nSPS) is 16.8. The number of methoxy groups -OCH3 is 1. The zero-order valence-electron chi connectivity index (χ0n) is 15.0. The van der Waals surface area contributed by atoms with Crippen LogP contribution in [0, 0.1) is 0 Å². The van der Waals surface area contributed by atoms with Gasteiger partial charge < -0.3 is 15.4 Å². The average molecular weight is 322 g/mol. The largest absolute Gasteiger partial charge is 0.481 e. The molecule has 1 amide bonds. The summed E-state index contributed by atoms with van der Waals surface area (Å²) in [6.07, 6.45) is 4.65. The van der Waals surface area contributed by atoms with Gasteiger partial charge in [0.1, 0.15) is 0 Å². The van der Waals surface area contributed by atoms with Crippen molar-refractivity contribution in [1.29, 1.82) is 0 Å². The van der Waals surface area contributed by atoms with Crippen LogP contribution in [-0.2, 0) is 18.4 Å². The van der Waals surface area contributed by atoms with E-state index in [2.05, 4.69) is 29.6 Å². The second-order valence-electron chi connectivity index (χ2n) is 6.74. The SMILES string of the molecule is COc1c(CNC(C)C(=O)NC2CCCC2)c(C(C)C)nn1C. The Hall–Kier alpha value is -1.56. The zero-order valence-corrected chi connectivity index (χ0v) is 15.0. The highest BCUT2D eigenvalue weighted by atomic mass is 16.5. The lowest BCUT2D eigenvalue weighted by molar-refractivity contribution is -0.123. The molecule has 0 radical (unpaired) electrons. The maximum absolute atomic E-state index is 12.3. The molecule has 2 N–H and O–H groups in total. The predicted molar refractivity (Wildman–Crippen MR) is 90.5 cm³/mol. The molecule has 1 aliphatic carbocycles. The van der Waals surface area contributed by atoms with Crippen LogP contribution in [0.1, 0.15) is 63.6 Å². The molecule has 1 aromatic rings. The lowest BCUT2D eigenvalue weighted by Crippen LogP contribution is -2.45. The first kappa shape index (κ1) is 17.8. The first-order valence-corrected chi connectivity index (χ1v) is 8.57. The van der Waals surface area contributed by atoms with Gasteiger partial charge in [0.05, 0.1) is 24.4 Å². The van der Waals surface area contributed by atoms with Crippen LogP contribution in [0.3, 0.4) is 0 Å². The maximum atomic E-state index is 12.3. The summed E-state index contributed by atoms with van der Waals surface area (Å²) in [4.78, 5) is 12.3. The highest BCUT2D eigenvalue weighted by molar-refractivity contribution is 5.81. The van der Waals surface area contributed by atoms with Gasteiger partial charge in [-0.3, -0.25) is 4.79 Å². The Balaban J connectivity index is 1.97. The Morgan fingerprint density at radius 1 is 1.35 bits per heavy atom. The van der Waals surface area contributed by atoms with Crippen molar-refractivity contribution < 1.29 is 9.53 Å². The second kappa shape index (κ2) is 7.81. The number of hydrogen-bond donors (Lipinski definition) is 2. The number of hydrogen-bond acceptors (Lipinski definition) is 4. The third kappa shape index (κ3) is 4.25. The molecule has 1 unspecified atom stereocenters. The number of nitrogens with one attached hydrogen (secondary N) is 2. The number of aromatic nitrogens is 2. The molecule has 1 heterocycles. The van der Waals surface area contributed by atoms with Crippen LogP contribution in [0.5, 0.6) is 5.88 Å². The summed E-state index contributed by atoms with van der Waals surface area (Å²) in [6.45, 7) is 6.70. The molecule has 1 atom stereocenters. The van der Waals surface area contributed by atoms with Gasteiger partial charge in [0.25, 0.3) is 0 Å². The van der Waals surface area contributed by atoms with Crippen LogP contribution in [0.25, 0.3) is 0 Å². The number of nitrogens with zero attached hydrogens (tertiary/aromatic N) is 2. The summed E-state index contributed by atoms with van der Waals surface area (Å²) >= 11 is 0. The van der Waals surface area contributed by atoms with Crippen molar-refractivity contribution in [3.63, 3.8) is 0 Å². The molecule has 1 aromatic heterocycles. The fourth-order valence-electron chi connectivity index (χ4n) is 3.20.